The number of carbonyl (C=O) groups is 2. The first-order chi connectivity index (χ1) is 21.8. The van der Waals surface area contributed by atoms with E-state index in [0.717, 1.165) is 41.0 Å². The highest BCUT2D eigenvalue weighted by Gasteiger charge is 2.61. The molecule has 2 fully saturated rings. The van der Waals surface area contributed by atoms with E-state index in [-0.39, 0.29) is 6.42 Å². The van der Waals surface area contributed by atoms with Gasteiger partial charge in [-0.25, -0.2) is 4.79 Å². The molecule has 1 amide bonds. The maximum Gasteiger partial charge on any atom is 0.403 e. The monoisotopic (exact) mass is 650 g/mol. The fraction of sp³-hybridized carbons (Fsp3) is 0.485. The lowest BCUT2D eigenvalue weighted by Gasteiger charge is -2.42. The number of aliphatic carboxylic acids is 1. The Kier molecular flexibility index (Phi) is 9.92. The third kappa shape index (κ3) is 7.63. The quantitative estimate of drug-likeness (QED) is 0.268. The van der Waals surface area contributed by atoms with Crippen molar-refractivity contribution in [1.29, 1.82) is 0 Å². The van der Waals surface area contributed by atoms with Crippen molar-refractivity contribution >= 4 is 22.6 Å². The van der Waals surface area contributed by atoms with Crippen molar-refractivity contribution < 1.29 is 41.0 Å². The smallest absolute Gasteiger partial charge is 0.403 e. The number of hydrogen-bond donors (Lipinski definition) is 2. The molecular weight excluding hydrogens is 614 g/mol. The number of carboxylic acid groups (broad SMARTS) is 1. The predicted octanol–water partition coefficient (Wildman–Crippen LogP) is 6.21. The number of carboxylic acids is 1. The molecule has 248 valence electrons. The summed E-state index contributed by atoms with van der Waals surface area (Å²) in [6.45, 7) is 0.332. The number of likely N-dealkylation sites (tertiary alicyclic amines) is 2. The second-order valence-corrected chi connectivity index (χ2v) is 12.2. The maximum absolute atomic E-state index is 14.3. The first-order valence-corrected chi connectivity index (χ1v) is 15.3. The number of hydrogen-bond acceptors (Lipinski definition) is 5. The Balaban J connectivity index is 1.34. The van der Waals surface area contributed by atoms with Crippen LogP contribution in [0.3, 0.4) is 0 Å². The van der Waals surface area contributed by atoms with Gasteiger partial charge in [0.2, 0.25) is 5.91 Å². The third-order valence-corrected chi connectivity index (χ3v) is 9.09. The van der Waals surface area contributed by atoms with E-state index in [1.165, 1.54) is 19.3 Å². The molecule has 13 heteroatoms. The average molecular weight is 651 g/mol. The lowest BCUT2D eigenvalue weighted by Crippen LogP contribution is -2.59. The van der Waals surface area contributed by atoms with Crippen LogP contribution in [0.4, 0.5) is 26.3 Å². The number of carbonyl (C=O) groups excluding carboxylic acids is 1. The minimum Gasteiger partial charge on any atom is -0.480 e. The number of aromatic nitrogens is 1. The highest BCUT2D eigenvalue weighted by molar-refractivity contribution is 5.98. The van der Waals surface area contributed by atoms with E-state index in [9.17, 15) is 41.0 Å². The fourth-order valence-corrected chi connectivity index (χ4v) is 6.53. The largest absolute Gasteiger partial charge is 0.480 e. The van der Waals surface area contributed by atoms with Gasteiger partial charge in [0.15, 0.2) is 0 Å². The number of rotatable bonds is 9. The number of fused-ring (bicyclic) bond motifs is 1. The molecule has 2 N–H and O–H groups in total. The van der Waals surface area contributed by atoms with Crippen LogP contribution >= 0.6 is 0 Å². The number of alkyl halides is 6. The molecular formula is C33H36F6N4O3. The number of halogens is 6. The van der Waals surface area contributed by atoms with E-state index in [2.05, 4.69) is 15.2 Å². The Morgan fingerprint density at radius 1 is 0.870 bits per heavy atom. The lowest BCUT2D eigenvalue weighted by atomic mass is 9.76. The number of nitrogens with zero attached hydrogens (tertiary/aromatic N) is 3. The molecule has 3 aromatic rings. The van der Waals surface area contributed by atoms with E-state index in [4.69, 9.17) is 0 Å². The van der Waals surface area contributed by atoms with Gasteiger partial charge in [-0.3, -0.25) is 19.6 Å². The second kappa shape index (κ2) is 13.6. The van der Waals surface area contributed by atoms with E-state index in [0.29, 0.717) is 16.6 Å². The molecule has 1 aromatic heterocycles. The van der Waals surface area contributed by atoms with Crippen LogP contribution < -0.4 is 5.32 Å². The molecule has 0 bridgehead atoms. The maximum atomic E-state index is 14.3. The number of piperidine rings is 2. The first-order valence-electron chi connectivity index (χ1n) is 15.3. The fourth-order valence-electron chi connectivity index (χ4n) is 6.53. The Morgan fingerprint density at radius 2 is 1.54 bits per heavy atom. The predicted molar refractivity (Wildman–Crippen MR) is 160 cm³/mol. The van der Waals surface area contributed by atoms with Gasteiger partial charge < -0.3 is 10.4 Å². The van der Waals surface area contributed by atoms with Gasteiger partial charge in [0.25, 0.3) is 0 Å². The topological polar surface area (TPSA) is 85.8 Å². The summed E-state index contributed by atoms with van der Waals surface area (Å²) in [7, 11) is 0. The summed E-state index contributed by atoms with van der Waals surface area (Å²) in [6.07, 6.45) is -6.36. The van der Waals surface area contributed by atoms with Crippen molar-refractivity contribution in [2.75, 3.05) is 32.7 Å². The van der Waals surface area contributed by atoms with E-state index in [1.54, 1.807) is 24.3 Å². The summed E-state index contributed by atoms with van der Waals surface area (Å²) in [5, 5.41) is 13.4. The average Bonchev–Trinajstić information content (AvgIpc) is 3.00. The van der Waals surface area contributed by atoms with E-state index >= 15 is 0 Å². The van der Waals surface area contributed by atoms with Crippen LogP contribution in [0.15, 0.2) is 54.7 Å². The zero-order valence-electron chi connectivity index (χ0n) is 25.1. The van der Waals surface area contributed by atoms with Crippen LogP contribution in [-0.2, 0) is 22.6 Å². The summed E-state index contributed by atoms with van der Waals surface area (Å²) < 4.78 is 81.3. The van der Waals surface area contributed by atoms with Gasteiger partial charge in [-0.2, -0.15) is 26.3 Å². The molecule has 2 aliphatic rings. The van der Waals surface area contributed by atoms with Crippen LogP contribution in [-0.4, -0.2) is 82.9 Å². The lowest BCUT2D eigenvalue weighted by molar-refractivity contribution is -0.236. The molecule has 5 rings (SSSR count). The SMILES string of the molecule is O=C(O)[C@H](Cc1cccc2c(-c3ccc(CN4CCCCC4)cn3)cccc12)NC(=O)C1(C(F)(F)F)CCN(CC(F)(F)F)CC1. The number of amides is 1. The molecule has 0 unspecified atom stereocenters. The minimum atomic E-state index is -5.09. The van der Waals surface area contributed by atoms with Gasteiger partial charge in [-0.05, 0) is 79.8 Å². The van der Waals surface area contributed by atoms with Crippen LogP contribution in [0, 0.1) is 5.41 Å². The summed E-state index contributed by atoms with van der Waals surface area (Å²) >= 11 is 0. The van der Waals surface area contributed by atoms with Crippen molar-refractivity contribution in [3.05, 3.63) is 65.9 Å². The van der Waals surface area contributed by atoms with Crippen molar-refractivity contribution in [2.24, 2.45) is 5.41 Å². The molecule has 0 spiro atoms. The molecule has 2 aliphatic heterocycles. The summed E-state index contributed by atoms with van der Waals surface area (Å²) in [4.78, 5) is 33.3. The van der Waals surface area contributed by atoms with Gasteiger partial charge in [-0.15, -0.1) is 0 Å². The normalized spacial score (nSPS) is 18.7. The number of pyridine rings is 1. The number of benzene rings is 2. The molecule has 0 aliphatic carbocycles. The summed E-state index contributed by atoms with van der Waals surface area (Å²) in [6, 6.07) is 12.9. The van der Waals surface area contributed by atoms with Crippen LogP contribution in [0.2, 0.25) is 0 Å². The van der Waals surface area contributed by atoms with Crippen molar-refractivity contribution in [3.8, 4) is 11.3 Å². The minimum absolute atomic E-state index is 0.307. The summed E-state index contributed by atoms with van der Waals surface area (Å²) in [5.41, 5.74) is 0.0864. The molecule has 0 saturated carbocycles. The third-order valence-electron chi connectivity index (χ3n) is 9.09. The van der Waals surface area contributed by atoms with Crippen molar-refractivity contribution in [1.82, 2.24) is 20.1 Å². The molecule has 1 atom stereocenters. The molecule has 2 aromatic carbocycles. The van der Waals surface area contributed by atoms with E-state index < -0.39 is 68.2 Å². The second-order valence-electron chi connectivity index (χ2n) is 12.2. The Labute approximate surface area is 262 Å². The number of nitrogens with one attached hydrogen (secondary N) is 1. The van der Waals surface area contributed by atoms with Gasteiger partial charge in [0.1, 0.15) is 11.5 Å². The Morgan fingerprint density at radius 3 is 2.15 bits per heavy atom. The van der Waals surface area contributed by atoms with Crippen molar-refractivity contribution in [3.63, 3.8) is 0 Å². The van der Waals surface area contributed by atoms with Crippen LogP contribution in [0.1, 0.15) is 43.2 Å². The highest BCUT2D eigenvalue weighted by atomic mass is 19.4. The standard InChI is InChI=1S/C33H36F6N4O3/c34-32(35,36)21-43-16-12-31(13-17-43,33(37,38)39)30(46)41-28(29(44)45)18-23-6-4-8-25-24(23)7-5-9-26(25)27-11-10-22(19-40-27)20-42-14-2-1-3-15-42/h4-11,19,28H,1-3,12-18,20-21H2,(H,41,46)(H,44,45)/t28-/m0/s1. The Hall–Kier alpha value is -3.71. The first kappa shape index (κ1) is 33.6. The van der Waals surface area contributed by atoms with Gasteiger partial charge in [0.05, 0.1) is 12.2 Å². The molecule has 2 saturated heterocycles. The van der Waals surface area contributed by atoms with Gasteiger partial charge in [-0.1, -0.05) is 48.9 Å². The van der Waals surface area contributed by atoms with E-state index in [1.807, 2.05) is 30.5 Å². The highest BCUT2D eigenvalue weighted by Crippen LogP contribution is 2.47. The van der Waals surface area contributed by atoms with Crippen molar-refractivity contribution in [2.45, 2.75) is 63.5 Å². The van der Waals surface area contributed by atoms with Crippen LogP contribution in [0.25, 0.3) is 22.0 Å². The zero-order valence-corrected chi connectivity index (χ0v) is 25.1. The Bertz CT molecular complexity index is 1530. The molecule has 0 radical (unpaired) electrons. The van der Waals surface area contributed by atoms with Crippen LogP contribution in [0.5, 0.6) is 0 Å². The zero-order chi connectivity index (χ0) is 33.1. The molecule has 46 heavy (non-hydrogen) atoms. The van der Waals surface area contributed by atoms with Gasteiger partial charge >= 0.3 is 18.3 Å². The summed E-state index contributed by atoms with van der Waals surface area (Å²) in [5.74, 6) is -3.08. The molecule has 3 heterocycles. The van der Waals surface area contributed by atoms with Gasteiger partial charge in [0, 0.05) is 24.7 Å². The molecule has 7 nitrogen and oxygen atoms in total.